The molecule has 1 heterocycles. The number of aryl methyl sites for hydroxylation is 1. The van der Waals surface area contributed by atoms with E-state index in [2.05, 4.69) is 42.3 Å². The van der Waals surface area contributed by atoms with Crippen LogP contribution in [0.2, 0.25) is 0 Å². The Labute approximate surface area is 103 Å². The van der Waals surface area contributed by atoms with Gasteiger partial charge in [0.2, 0.25) is 0 Å². The maximum Gasteiger partial charge on any atom is 0.177 e. The summed E-state index contributed by atoms with van der Waals surface area (Å²) in [5.41, 5.74) is 1.30. The standard InChI is InChI=1S/C12H23N3S/c1-5-11-9-13-12(16)15(11)8-6-7-14(4)10(2)3/h9-10H,5-8H2,1-4H3,(H,13,16). The van der Waals surface area contributed by atoms with Crippen LogP contribution in [0.3, 0.4) is 0 Å². The Morgan fingerprint density at radius 3 is 2.75 bits per heavy atom. The van der Waals surface area contributed by atoms with E-state index in [0.717, 1.165) is 30.7 Å². The highest BCUT2D eigenvalue weighted by Crippen LogP contribution is 2.05. The number of rotatable bonds is 6. The van der Waals surface area contributed by atoms with Gasteiger partial charge >= 0.3 is 0 Å². The second kappa shape index (κ2) is 6.21. The zero-order valence-electron chi connectivity index (χ0n) is 10.8. The van der Waals surface area contributed by atoms with Gasteiger partial charge in [-0.05, 0) is 52.5 Å². The predicted octanol–water partition coefficient (Wildman–Crippen LogP) is 2.84. The lowest BCUT2D eigenvalue weighted by Crippen LogP contribution is -2.28. The van der Waals surface area contributed by atoms with E-state index in [1.807, 2.05) is 6.20 Å². The van der Waals surface area contributed by atoms with Gasteiger partial charge in [-0.2, -0.15) is 0 Å². The van der Waals surface area contributed by atoms with Crippen LogP contribution in [0.15, 0.2) is 6.20 Å². The highest BCUT2D eigenvalue weighted by molar-refractivity contribution is 7.71. The van der Waals surface area contributed by atoms with Gasteiger partial charge in [0.25, 0.3) is 0 Å². The fourth-order valence-electron chi connectivity index (χ4n) is 1.71. The first kappa shape index (κ1) is 13.5. The summed E-state index contributed by atoms with van der Waals surface area (Å²) in [6.45, 7) is 8.74. The summed E-state index contributed by atoms with van der Waals surface area (Å²) in [5, 5.41) is 0. The molecule has 0 atom stereocenters. The third kappa shape index (κ3) is 3.46. The highest BCUT2D eigenvalue weighted by Gasteiger charge is 2.04. The monoisotopic (exact) mass is 241 g/mol. The van der Waals surface area contributed by atoms with Gasteiger partial charge in [-0.1, -0.05) is 6.92 Å². The summed E-state index contributed by atoms with van der Waals surface area (Å²) in [5.74, 6) is 0. The highest BCUT2D eigenvalue weighted by atomic mass is 32.1. The van der Waals surface area contributed by atoms with Gasteiger partial charge in [-0.3, -0.25) is 0 Å². The maximum absolute atomic E-state index is 5.26. The molecule has 0 aliphatic heterocycles. The lowest BCUT2D eigenvalue weighted by molar-refractivity contribution is 0.265. The minimum Gasteiger partial charge on any atom is -0.337 e. The number of aromatic nitrogens is 2. The Morgan fingerprint density at radius 2 is 2.19 bits per heavy atom. The molecular formula is C12H23N3S. The molecule has 92 valence electrons. The van der Waals surface area contributed by atoms with Crippen LogP contribution in [-0.4, -0.2) is 34.1 Å². The summed E-state index contributed by atoms with van der Waals surface area (Å²) >= 11 is 5.26. The first-order valence-corrected chi connectivity index (χ1v) is 6.44. The number of imidazole rings is 1. The molecule has 0 aliphatic rings. The number of nitrogens with zero attached hydrogens (tertiary/aromatic N) is 2. The van der Waals surface area contributed by atoms with Crippen LogP contribution in [0.1, 0.15) is 32.9 Å². The van der Waals surface area contributed by atoms with Crippen LogP contribution in [0, 0.1) is 4.77 Å². The zero-order valence-corrected chi connectivity index (χ0v) is 11.6. The minimum absolute atomic E-state index is 0.616. The molecule has 0 aliphatic carbocycles. The average molecular weight is 241 g/mol. The molecule has 1 rings (SSSR count). The number of hydrogen-bond donors (Lipinski definition) is 1. The molecule has 0 saturated heterocycles. The molecule has 0 saturated carbocycles. The molecule has 0 bridgehead atoms. The summed E-state index contributed by atoms with van der Waals surface area (Å²) in [6.07, 6.45) is 4.20. The number of nitrogens with one attached hydrogen (secondary N) is 1. The fraction of sp³-hybridized carbons (Fsp3) is 0.750. The van der Waals surface area contributed by atoms with Gasteiger partial charge in [0.15, 0.2) is 4.77 Å². The van der Waals surface area contributed by atoms with Crippen LogP contribution in [0.4, 0.5) is 0 Å². The smallest absolute Gasteiger partial charge is 0.177 e. The van der Waals surface area contributed by atoms with Crippen molar-refractivity contribution < 1.29 is 0 Å². The van der Waals surface area contributed by atoms with Crippen molar-refractivity contribution in [3.8, 4) is 0 Å². The minimum atomic E-state index is 0.616. The molecule has 0 aromatic carbocycles. The predicted molar refractivity (Wildman–Crippen MR) is 71.4 cm³/mol. The molecule has 0 spiro atoms. The van der Waals surface area contributed by atoms with Gasteiger partial charge in [-0.15, -0.1) is 0 Å². The molecule has 0 fully saturated rings. The molecule has 1 N–H and O–H groups in total. The molecule has 16 heavy (non-hydrogen) atoms. The van der Waals surface area contributed by atoms with Crippen molar-refractivity contribution >= 4 is 12.2 Å². The lowest BCUT2D eigenvalue weighted by Gasteiger charge is -2.21. The largest absolute Gasteiger partial charge is 0.337 e. The van der Waals surface area contributed by atoms with Crippen LogP contribution in [0.25, 0.3) is 0 Å². The summed E-state index contributed by atoms with van der Waals surface area (Å²) in [4.78, 5) is 5.48. The second-order valence-electron chi connectivity index (χ2n) is 4.52. The van der Waals surface area contributed by atoms with Gasteiger partial charge < -0.3 is 14.5 Å². The number of H-pyrrole nitrogens is 1. The van der Waals surface area contributed by atoms with E-state index in [4.69, 9.17) is 12.2 Å². The number of aromatic amines is 1. The van der Waals surface area contributed by atoms with Crippen molar-refractivity contribution in [2.45, 2.75) is 46.2 Å². The van der Waals surface area contributed by atoms with Crippen molar-refractivity contribution in [2.24, 2.45) is 0 Å². The Bertz CT molecular complexity index is 365. The van der Waals surface area contributed by atoms with Crippen LogP contribution in [-0.2, 0) is 13.0 Å². The van der Waals surface area contributed by atoms with Crippen molar-refractivity contribution in [1.82, 2.24) is 14.5 Å². The maximum atomic E-state index is 5.26. The Balaban J connectivity index is 2.48. The molecule has 1 aromatic rings. The van der Waals surface area contributed by atoms with Crippen LogP contribution >= 0.6 is 12.2 Å². The Kier molecular flexibility index (Phi) is 5.22. The first-order valence-electron chi connectivity index (χ1n) is 6.03. The molecule has 0 unspecified atom stereocenters. The van der Waals surface area contributed by atoms with E-state index in [9.17, 15) is 0 Å². The van der Waals surface area contributed by atoms with E-state index in [1.54, 1.807) is 0 Å². The third-order valence-electron chi connectivity index (χ3n) is 3.09. The number of hydrogen-bond acceptors (Lipinski definition) is 2. The lowest BCUT2D eigenvalue weighted by atomic mass is 10.3. The second-order valence-corrected chi connectivity index (χ2v) is 4.90. The molecule has 0 radical (unpaired) electrons. The zero-order chi connectivity index (χ0) is 12.1. The molecule has 4 heteroatoms. The van der Waals surface area contributed by atoms with Crippen molar-refractivity contribution in [3.05, 3.63) is 16.7 Å². The molecule has 0 amide bonds. The van der Waals surface area contributed by atoms with E-state index >= 15 is 0 Å². The third-order valence-corrected chi connectivity index (χ3v) is 3.43. The Morgan fingerprint density at radius 1 is 1.50 bits per heavy atom. The Hall–Kier alpha value is -0.610. The van der Waals surface area contributed by atoms with Crippen molar-refractivity contribution in [2.75, 3.05) is 13.6 Å². The summed E-state index contributed by atoms with van der Waals surface area (Å²) < 4.78 is 3.06. The first-order chi connectivity index (χ1) is 7.56. The van der Waals surface area contributed by atoms with E-state index in [1.165, 1.54) is 5.69 Å². The van der Waals surface area contributed by atoms with Gasteiger partial charge in [-0.25, -0.2) is 0 Å². The SMILES string of the molecule is CCc1c[nH]c(=S)n1CCCN(C)C(C)C. The summed E-state index contributed by atoms with van der Waals surface area (Å²) in [7, 11) is 2.17. The van der Waals surface area contributed by atoms with Gasteiger partial charge in [0.1, 0.15) is 0 Å². The summed E-state index contributed by atoms with van der Waals surface area (Å²) in [6, 6.07) is 0.616. The van der Waals surface area contributed by atoms with Crippen molar-refractivity contribution in [1.29, 1.82) is 0 Å². The average Bonchev–Trinajstić information content (AvgIpc) is 2.59. The van der Waals surface area contributed by atoms with Crippen LogP contribution < -0.4 is 0 Å². The van der Waals surface area contributed by atoms with Crippen molar-refractivity contribution in [3.63, 3.8) is 0 Å². The quantitative estimate of drug-likeness (QED) is 0.774. The van der Waals surface area contributed by atoms with E-state index in [0.29, 0.717) is 6.04 Å². The molecular weight excluding hydrogens is 218 g/mol. The van der Waals surface area contributed by atoms with Crippen LogP contribution in [0.5, 0.6) is 0 Å². The van der Waals surface area contributed by atoms with Gasteiger partial charge in [0.05, 0.1) is 0 Å². The van der Waals surface area contributed by atoms with E-state index in [-0.39, 0.29) is 0 Å². The normalized spacial score (nSPS) is 11.6. The van der Waals surface area contributed by atoms with E-state index < -0.39 is 0 Å². The molecule has 3 nitrogen and oxygen atoms in total. The molecule has 1 aromatic heterocycles. The topological polar surface area (TPSA) is 24.0 Å². The van der Waals surface area contributed by atoms with Gasteiger partial charge in [0, 0.05) is 24.5 Å². The fourth-order valence-corrected chi connectivity index (χ4v) is 1.97.